The Bertz CT molecular complexity index is 1310. The minimum absolute atomic E-state index is 0.0188. The molecule has 0 aliphatic carbocycles. The number of nitrogens with zero attached hydrogens (tertiary/aromatic N) is 1. The SMILES string of the molecule is O=C(NCCC(Cc1ccc(Cl)cc1)S(=O)CCCO)c1c[nH]c2ccc(CN3CCOCC3)cc2c1=O. The van der Waals surface area contributed by atoms with E-state index in [4.69, 9.17) is 21.4 Å². The van der Waals surface area contributed by atoms with Crippen molar-refractivity contribution < 1.29 is 18.8 Å². The van der Waals surface area contributed by atoms with E-state index in [1.54, 1.807) is 12.1 Å². The summed E-state index contributed by atoms with van der Waals surface area (Å²) in [5.74, 6) is -0.0714. The van der Waals surface area contributed by atoms with E-state index in [0.29, 0.717) is 54.2 Å². The second kappa shape index (κ2) is 14.0. The second-order valence-electron chi connectivity index (χ2n) is 9.46. The van der Waals surface area contributed by atoms with E-state index in [9.17, 15) is 13.8 Å². The summed E-state index contributed by atoms with van der Waals surface area (Å²) in [7, 11) is -1.18. The van der Waals surface area contributed by atoms with Crippen LogP contribution in [0.25, 0.3) is 10.9 Å². The molecule has 1 saturated heterocycles. The van der Waals surface area contributed by atoms with Crippen molar-refractivity contribution in [2.45, 2.75) is 31.1 Å². The van der Waals surface area contributed by atoms with Gasteiger partial charge in [-0.05, 0) is 54.7 Å². The molecule has 3 N–H and O–H groups in total. The third-order valence-electron chi connectivity index (χ3n) is 6.70. The highest BCUT2D eigenvalue weighted by Gasteiger charge is 2.19. The number of benzene rings is 2. The van der Waals surface area contributed by atoms with Crippen LogP contribution in [0.5, 0.6) is 0 Å². The zero-order chi connectivity index (χ0) is 26.9. The molecule has 1 aromatic heterocycles. The molecule has 204 valence electrons. The molecule has 1 aliphatic heterocycles. The van der Waals surface area contributed by atoms with Crippen molar-refractivity contribution in [3.05, 3.63) is 80.6 Å². The topological polar surface area (TPSA) is 112 Å². The molecule has 2 aromatic carbocycles. The first kappa shape index (κ1) is 28.4. The minimum Gasteiger partial charge on any atom is -0.396 e. The zero-order valence-corrected chi connectivity index (χ0v) is 22.9. The molecule has 1 fully saturated rings. The van der Waals surface area contributed by atoms with Gasteiger partial charge in [-0.1, -0.05) is 29.8 Å². The van der Waals surface area contributed by atoms with Gasteiger partial charge in [0.1, 0.15) is 5.56 Å². The van der Waals surface area contributed by atoms with Gasteiger partial charge in [0.2, 0.25) is 5.43 Å². The summed E-state index contributed by atoms with van der Waals surface area (Å²) in [5.41, 5.74) is 2.43. The van der Waals surface area contributed by atoms with Crippen LogP contribution < -0.4 is 10.7 Å². The number of halogens is 1. The summed E-state index contributed by atoms with van der Waals surface area (Å²) in [6.07, 6.45) is 2.94. The van der Waals surface area contributed by atoms with Crippen LogP contribution >= 0.6 is 11.6 Å². The first-order chi connectivity index (χ1) is 18.4. The zero-order valence-electron chi connectivity index (χ0n) is 21.3. The summed E-state index contributed by atoms with van der Waals surface area (Å²) in [6.45, 7) is 4.08. The number of fused-ring (bicyclic) bond motifs is 1. The van der Waals surface area contributed by atoms with Crippen molar-refractivity contribution in [1.29, 1.82) is 0 Å². The number of rotatable bonds is 12. The standard InChI is InChI=1S/C28H34ClN3O5S/c29-22-5-2-20(3-6-22)16-23(38(36)15-1-12-33)8-9-30-28(35)25-18-31-26-7-4-21(17-24(26)27(25)34)19-32-10-13-37-14-11-32/h2-7,17-18,23,33H,1,8-16,19H2,(H,30,35)(H,31,34). The number of hydrogen-bond acceptors (Lipinski definition) is 6. The fourth-order valence-corrected chi connectivity index (χ4v) is 6.21. The maximum atomic E-state index is 13.2. The summed E-state index contributed by atoms with van der Waals surface area (Å²) < 4.78 is 18.3. The van der Waals surface area contributed by atoms with Crippen LogP contribution in [0.1, 0.15) is 34.3 Å². The van der Waals surface area contributed by atoms with E-state index < -0.39 is 16.7 Å². The first-order valence-corrected chi connectivity index (χ1v) is 14.7. The van der Waals surface area contributed by atoms with Crippen molar-refractivity contribution >= 4 is 39.2 Å². The summed E-state index contributed by atoms with van der Waals surface area (Å²) >= 11 is 5.99. The number of amides is 1. The molecule has 1 aliphatic rings. The average Bonchev–Trinajstić information content (AvgIpc) is 2.93. The lowest BCUT2D eigenvalue weighted by Gasteiger charge is -2.26. The number of H-pyrrole nitrogens is 1. The van der Waals surface area contributed by atoms with Gasteiger partial charge < -0.3 is 20.1 Å². The van der Waals surface area contributed by atoms with Crippen molar-refractivity contribution in [2.24, 2.45) is 0 Å². The molecule has 2 heterocycles. The molecule has 10 heteroatoms. The second-order valence-corrected chi connectivity index (χ2v) is 11.7. The monoisotopic (exact) mass is 559 g/mol. The molecule has 2 unspecified atom stereocenters. The largest absolute Gasteiger partial charge is 0.396 e. The predicted octanol–water partition coefficient (Wildman–Crippen LogP) is 2.88. The fraction of sp³-hybridized carbons (Fsp3) is 0.429. The van der Waals surface area contributed by atoms with E-state index in [0.717, 1.165) is 30.8 Å². The van der Waals surface area contributed by atoms with Gasteiger partial charge in [0.05, 0.1) is 13.2 Å². The van der Waals surface area contributed by atoms with Gasteiger partial charge in [0.15, 0.2) is 0 Å². The number of aromatic amines is 1. The number of aliphatic hydroxyl groups excluding tert-OH is 1. The Hall–Kier alpha value is -2.56. The molecule has 38 heavy (non-hydrogen) atoms. The van der Waals surface area contributed by atoms with Crippen LogP contribution in [0.15, 0.2) is 53.5 Å². The molecule has 1 amide bonds. The number of ether oxygens (including phenoxy) is 1. The molecule has 3 aromatic rings. The summed E-state index contributed by atoms with van der Waals surface area (Å²) in [4.78, 5) is 31.5. The van der Waals surface area contributed by atoms with Crippen molar-refractivity contribution in [3.63, 3.8) is 0 Å². The smallest absolute Gasteiger partial charge is 0.256 e. The molecule has 0 saturated carbocycles. The normalized spacial score (nSPS) is 15.8. The summed E-state index contributed by atoms with van der Waals surface area (Å²) in [5, 5.41) is 12.9. The fourth-order valence-electron chi connectivity index (χ4n) is 4.58. The number of pyridine rings is 1. The maximum Gasteiger partial charge on any atom is 0.256 e. The molecule has 2 atom stereocenters. The Morgan fingerprint density at radius 1 is 1.16 bits per heavy atom. The van der Waals surface area contributed by atoms with E-state index in [1.165, 1.54) is 6.20 Å². The number of nitrogens with one attached hydrogen (secondary N) is 2. The van der Waals surface area contributed by atoms with Gasteiger partial charge in [-0.3, -0.25) is 18.7 Å². The number of carbonyl (C=O) groups is 1. The lowest BCUT2D eigenvalue weighted by molar-refractivity contribution is 0.0342. The highest BCUT2D eigenvalue weighted by Crippen LogP contribution is 2.17. The number of carbonyl (C=O) groups excluding carboxylic acids is 1. The lowest BCUT2D eigenvalue weighted by Crippen LogP contribution is -2.35. The molecular weight excluding hydrogens is 526 g/mol. The quantitative estimate of drug-likeness (QED) is 0.315. The third kappa shape index (κ3) is 7.74. The van der Waals surface area contributed by atoms with E-state index >= 15 is 0 Å². The van der Waals surface area contributed by atoms with Crippen LogP contribution in [0.2, 0.25) is 5.02 Å². The molecular formula is C28H34ClN3O5S. The molecule has 0 bridgehead atoms. The van der Waals surface area contributed by atoms with E-state index in [-0.39, 0.29) is 29.4 Å². The molecule has 8 nitrogen and oxygen atoms in total. The Morgan fingerprint density at radius 3 is 2.63 bits per heavy atom. The average molecular weight is 560 g/mol. The number of aromatic nitrogens is 1. The molecule has 4 rings (SSSR count). The van der Waals surface area contributed by atoms with E-state index in [2.05, 4.69) is 15.2 Å². The van der Waals surface area contributed by atoms with Gasteiger partial charge in [-0.15, -0.1) is 0 Å². The van der Waals surface area contributed by atoms with Crippen molar-refractivity contribution in [2.75, 3.05) is 45.2 Å². The highest BCUT2D eigenvalue weighted by molar-refractivity contribution is 7.85. The van der Waals surface area contributed by atoms with Crippen LogP contribution in [0.3, 0.4) is 0 Å². The van der Waals surface area contributed by atoms with Crippen LogP contribution in [-0.4, -0.2) is 75.6 Å². The molecule has 0 spiro atoms. The maximum absolute atomic E-state index is 13.2. The number of aliphatic hydroxyl groups is 1. The predicted molar refractivity (Wildman–Crippen MR) is 151 cm³/mol. The molecule has 0 radical (unpaired) electrons. The highest BCUT2D eigenvalue weighted by atomic mass is 35.5. The van der Waals surface area contributed by atoms with Crippen LogP contribution in [0, 0.1) is 0 Å². The van der Waals surface area contributed by atoms with Crippen molar-refractivity contribution in [1.82, 2.24) is 15.2 Å². The summed E-state index contributed by atoms with van der Waals surface area (Å²) in [6, 6.07) is 13.1. The first-order valence-electron chi connectivity index (χ1n) is 12.9. The Labute approximate surface area is 229 Å². The van der Waals surface area contributed by atoms with Gasteiger partial charge >= 0.3 is 0 Å². The van der Waals surface area contributed by atoms with Gasteiger partial charge in [-0.2, -0.15) is 0 Å². The number of hydrogen-bond donors (Lipinski definition) is 3. The minimum atomic E-state index is -1.18. The van der Waals surface area contributed by atoms with Gasteiger partial charge in [-0.25, -0.2) is 0 Å². The van der Waals surface area contributed by atoms with Crippen LogP contribution in [-0.2, 0) is 28.5 Å². The Balaban J connectivity index is 1.41. The van der Waals surface area contributed by atoms with Gasteiger partial charge in [0, 0.05) is 76.7 Å². The van der Waals surface area contributed by atoms with Crippen LogP contribution in [0.4, 0.5) is 0 Å². The third-order valence-corrected chi connectivity index (χ3v) is 8.79. The van der Waals surface area contributed by atoms with Gasteiger partial charge in [0.25, 0.3) is 5.91 Å². The van der Waals surface area contributed by atoms with Crippen molar-refractivity contribution in [3.8, 4) is 0 Å². The van der Waals surface area contributed by atoms with E-state index in [1.807, 2.05) is 30.3 Å². The lowest BCUT2D eigenvalue weighted by atomic mass is 10.1. The Kier molecular flexibility index (Phi) is 10.5. The Morgan fingerprint density at radius 2 is 1.89 bits per heavy atom. The number of morpholine rings is 1.